The van der Waals surface area contributed by atoms with Gasteiger partial charge in [0, 0.05) is 36.6 Å². The lowest BCUT2D eigenvalue weighted by molar-refractivity contribution is 0.0668. The second kappa shape index (κ2) is 8.71. The molecule has 3 heterocycles. The van der Waals surface area contributed by atoms with E-state index in [-0.39, 0.29) is 17.5 Å². The van der Waals surface area contributed by atoms with Crippen LogP contribution < -0.4 is 4.90 Å². The van der Waals surface area contributed by atoms with Crippen molar-refractivity contribution in [3.8, 4) is 11.4 Å². The highest BCUT2D eigenvalue weighted by Crippen LogP contribution is 2.30. The maximum Gasteiger partial charge on any atom is 0.257 e. The number of hydrogen-bond donors (Lipinski definition) is 0. The van der Waals surface area contributed by atoms with E-state index in [1.54, 1.807) is 17.0 Å². The molecular formula is C28H25FN6O. The molecule has 7 nitrogen and oxygen atoms in total. The molecule has 1 amide bonds. The van der Waals surface area contributed by atoms with Crippen LogP contribution in [0.25, 0.3) is 27.9 Å². The molecule has 0 saturated carbocycles. The summed E-state index contributed by atoms with van der Waals surface area (Å²) >= 11 is 0. The van der Waals surface area contributed by atoms with Crippen molar-refractivity contribution in [1.82, 2.24) is 24.5 Å². The Hall–Kier alpha value is -4.33. The zero-order valence-electron chi connectivity index (χ0n) is 20.1. The second-order valence-corrected chi connectivity index (χ2v) is 9.25. The van der Waals surface area contributed by atoms with Gasteiger partial charge in [0.15, 0.2) is 11.5 Å². The van der Waals surface area contributed by atoms with E-state index in [1.165, 1.54) is 12.1 Å². The van der Waals surface area contributed by atoms with Crippen LogP contribution in [0.1, 0.15) is 22.8 Å². The van der Waals surface area contributed by atoms with Gasteiger partial charge in [-0.1, -0.05) is 48.0 Å². The van der Waals surface area contributed by atoms with Crippen molar-refractivity contribution in [3.05, 3.63) is 89.7 Å². The first kappa shape index (κ1) is 22.2. The van der Waals surface area contributed by atoms with Crippen LogP contribution in [0.3, 0.4) is 0 Å². The normalized spacial score (nSPS) is 16.1. The number of aromatic nitrogens is 4. The van der Waals surface area contributed by atoms with E-state index in [2.05, 4.69) is 34.2 Å². The number of piperazine rings is 1. The zero-order chi connectivity index (χ0) is 24.8. The molecule has 1 aliphatic heterocycles. The fraction of sp³-hybridized carbons (Fsp3) is 0.214. The summed E-state index contributed by atoms with van der Waals surface area (Å²) < 4.78 is 16.3. The monoisotopic (exact) mass is 480 g/mol. The highest BCUT2D eigenvalue weighted by Gasteiger charge is 2.31. The van der Waals surface area contributed by atoms with Gasteiger partial charge >= 0.3 is 0 Å². The number of benzene rings is 3. The molecular weight excluding hydrogens is 455 g/mol. The lowest BCUT2D eigenvalue weighted by atomic mass is 10.1. The van der Waals surface area contributed by atoms with Gasteiger partial charge in [-0.3, -0.25) is 4.79 Å². The SMILES string of the molecule is Cc1cccc(-c2nnc3c4ccccc4nc(N4CCN(C(=O)c5ccccc5F)[C@H](C)C4)n23)c1. The molecule has 5 aromatic rings. The Kier molecular flexibility index (Phi) is 5.36. The van der Waals surface area contributed by atoms with Crippen LogP contribution in [0.2, 0.25) is 0 Å². The van der Waals surface area contributed by atoms with Gasteiger partial charge in [0.1, 0.15) is 5.82 Å². The number of halogens is 1. The van der Waals surface area contributed by atoms with Gasteiger partial charge in [-0.05, 0) is 44.2 Å². The van der Waals surface area contributed by atoms with Gasteiger partial charge in [-0.15, -0.1) is 10.2 Å². The number of fused-ring (bicyclic) bond motifs is 3. The zero-order valence-corrected chi connectivity index (χ0v) is 20.1. The molecule has 0 N–H and O–H groups in total. The predicted molar refractivity (Wildman–Crippen MR) is 138 cm³/mol. The van der Waals surface area contributed by atoms with Crippen molar-refractivity contribution in [2.24, 2.45) is 0 Å². The van der Waals surface area contributed by atoms with Crippen LogP contribution >= 0.6 is 0 Å². The van der Waals surface area contributed by atoms with Crippen molar-refractivity contribution in [2.75, 3.05) is 24.5 Å². The van der Waals surface area contributed by atoms with E-state index >= 15 is 0 Å². The minimum atomic E-state index is -0.498. The number of anilines is 1. The Balaban J connectivity index is 1.42. The van der Waals surface area contributed by atoms with E-state index in [0.717, 1.165) is 39.4 Å². The number of carbonyl (C=O) groups excluding carboxylic acids is 1. The van der Waals surface area contributed by atoms with Crippen LogP contribution in [0.15, 0.2) is 72.8 Å². The minimum Gasteiger partial charge on any atom is -0.338 e. The number of aryl methyl sites for hydroxylation is 1. The Morgan fingerprint density at radius 2 is 1.78 bits per heavy atom. The van der Waals surface area contributed by atoms with Crippen LogP contribution in [0.5, 0.6) is 0 Å². The van der Waals surface area contributed by atoms with Gasteiger partial charge in [0.2, 0.25) is 5.95 Å². The summed E-state index contributed by atoms with van der Waals surface area (Å²) in [5, 5.41) is 10.0. The van der Waals surface area contributed by atoms with Crippen molar-refractivity contribution >= 4 is 28.4 Å². The second-order valence-electron chi connectivity index (χ2n) is 9.25. The summed E-state index contributed by atoms with van der Waals surface area (Å²) in [4.78, 5) is 22.0. The topological polar surface area (TPSA) is 66.6 Å². The molecule has 8 heteroatoms. The third-order valence-electron chi connectivity index (χ3n) is 6.78. The molecule has 1 aliphatic rings. The fourth-order valence-corrected chi connectivity index (χ4v) is 4.98. The molecule has 36 heavy (non-hydrogen) atoms. The maximum atomic E-state index is 14.3. The van der Waals surface area contributed by atoms with Crippen LogP contribution in [-0.2, 0) is 0 Å². The third-order valence-corrected chi connectivity index (χ3v) is 6.78. The molecule has 6 rings (SSSR count). The summed E-state index contributed by atoms with van der Waals surface area (Å²) in [5.74, 6) is 0.665. The van der Waals surface area contributed by atoms with Gasteiger partial charge in [0.25, 0.3) is 5.91 Å². The van der Waals surface area contributed by atoms with Gasteiger partial charge in [0.05, 0.1) is 11.1 Å². The van der Waals surface area contributed by atoms with Crippen LogP contribution in [0, 0.1) is 12.7 Å². The van der Waals surface area contributed by atoms with E-state index < -0.39 is 5.82 Å². The van der Waals surface area contributed by atoms with Crippen molar-refractivity contribution in [3.63, 3.8) is 0 Å². The van der Waals surface area contributed by atoms with Gasteiger partial charge < -0.3 is 9.80 Å². The van der Waals surface area contributed by atoms with Crippen molar-refractivity contribution in [2.45, 2.75) is 19.9 Å². The average Bonchev–Trinajstić information content (AvgIpc) is 3.34. The molecule has 0 radical (unpaired) electrons. The number of carbonyl (C=O) groups is 1. The first-order chi connectivity index (χ1) is 17.5. The summed E-state index contributed by atoms with van der Waals surface area (Å²) in [7, 11) is 0. The Morgan fingerprint density at radius 3 is 2.58 bits per heavy atom. The Morgan fingerprint density at radius 1 is 0.972 bits per heavy atom. The molecule has 180 valence electrons. The summed E-state index contributed by atoms with van der Waals surface area (Å²) in [6, 6.07) is 22.1. The summed E-state index contributed by atoms with van der Waals surface area (Å²) in [6.07, 6.45) is 0. The predicted octanol–water partition coefficient (Wildman–Crippen LogP) is 4.74. The van der Waals surface area contributed by atoms with E-state index in [1.807, 2.05) is 47.7 Å². The maximum absolute atomic E-state index is 14.3. The van der Waals surface area contributed by atoms with E-state index in [9.17, 15) is 9.18 Å². The molecule has 1 saturated heterocycles. The number of nitrogens with zero attached hydrogens (tertiary/aromatic N) is 6. The molecule has 0 spiro atoms. The molecule has 0 bridgehead atoms. The van der Waals surface area contributed by atoms with Gasteiger partial charge in [-0.2, -0.15) is 0 Å². The highest BCUT2D eigenvalue weighted by molar-refractivity contribution is 5.95. The lowest BCUT2D eigenvalue weighted by Crippen LogP contribution is -2.54. The molecule has 2 aromatic heterocycles. The summed E-state index contributed by atoms with van der Waals surface area (Å²) in [6.45, 7) is 5.58. The molecule has 1 atom stereocenters. The molecule has 0 unspecified atom stereocenters. The van der Waals surface area contributed by atoms with Crippen molar-refractivity contribution < 1.29 is 9.18 Å². The first-order valence-electron chi connectivity index (χ1n) is 12.0. The van der Waals surface area contributed by atoms with E-state index in [0.29, 0.717) is 19.6 Å². The number of hydrogen-bond acceptors (Lipinski definition) is 5. The lowest BCUT2D eigenvalue weighted by Gasteiger charge is -2.40. The molecule has 1 fully saturated rings. The molecule has 3 aromatic carbocycles. The number of para-hydroxylation sites is 1. The van der Waals surface area contributed by atoms with Crippen LogP contribution in [-0.4, -0.2) is 56.1 Å². The van der Waals surface area contributed by atoms with E-state index in [4.69, 9.17) is 4.98 Å². The first-order valence-corrected chi connectivity index (χ1v) is 12.0. The fourth-order valence-electron chi connectivity index (χ4n) is 4.98. The number of amides is 1. The minimum absolute atomic E-state index is 0.101. The summed E-state index contributed by atoms with van der Waals surface area (Å²) in [5.41, 5.74) is 3.77. The number of rotatable bonds is 3. The van der Waals surface area contributed by atoms with Crippen molar-refractivity contribution in [1.29, 1.82) is 0 Å². The quantitative estimate of drug-likeness (QED) is 0.373. The smallest absolute Gasteiger partial charge is 0.257 e. The Bertz CT molecular complexity index is 1610. The largest absolute Gasteiger partial charge is 0.338 e. The molecule has 0 aliphatic carbocycles. The van der Waals surface area contributed by atoms with Gasteiger partial charge in [-0.25, -0.2) is 13.8 Å². The van der Waals surface area contributed by atoms with Crippen LogP contribution in [0.4, 0.5) is 10.3 Å². The third kappa shape index (κ3) is 3.66. The standard InChI is InChI=1S/C28H25FN6O/c1-18-8-7-9-20(16-18)25-31-32-26-22-11-4-6-13-24(22)30-28(35(25)26)33-14-15-34(19(2)17-33)27(36)21-10-3-5-12-23(21)29/h3-13,16,19H,14-15,17H2,1-2H3/t19-/m1/s1. The highest BCUT2D eigenvalue weighted by atomic mass is 19.1. The average molecular weight is 481 g/mol. The Labute approximate surface area is 207 Å².